The zero-order valence-corrected chi connectivity index (χ0v) is 19.4. The summed E-state index contributed by atoms with van der Waals surface area (Å²) in [6.45, 7) is 16.3. The highest BCUT2D eigenvalue weighted by Crippen LogP contribution is 2.30. The summed E-state index contributed by atoms with van der Waals surface area (Å²) in [5, 5.41) is 0. The first-order valence-corrected chi connectivity index (χ1v) is 9.57. The number of carbonyl (C=O) groups is 4. The van der Waals surface area contributed by atoms with E-state index in [-0.39, 0.29) is 0 Å². The van der Waals surface area contributed by atoms with Crippen molar-refractivity contribution < 1.29 is 38.1 Å². The van der Waals surface area contributed by atoms with E-state index in [1.165, 1.54) is 0 Å². The molecule has 0 aliphatic heterocycles. The third kappa shape index (κ3) is 13.7. The highest BCUT2D eigenvalue weighted by Gasteiger charge is 2.44. The summed E-state index contributed by atoms with van der Waals surface area (Å²) in [5.41, 5.74) is -4.16. The van der Waals surface area contributed by atoms with Gasteiger partial charge in [0.05, 0.1) is 19.3 Å². The fourth-order valence-corrected chi connectivity index (χ4v) is 2.52. The average Bonchev–Trinajstić information content (AvgIpc) is 2.27. The van der Waals surface area contributed by atoms with Crippen LogP contribution < -0.4 is 0 Å². The van der Waals surface area contributed by atoms with E-state index in [4.69, 9.17) is 18.9 Å². The number of rotatable bonds is 7. The monoisotopic (exact) mass is 416 g/mol. The molecule has 0 N–H and O–H groups in total. The lowest BCUT2D eigenvalue weighted by Crippen LogP contribution is -2.45. The predicted octanol–water partition coefficient (Wildman–Crippen LogP) is 3.48. The predicted molar refractivity (Wildman–Crippen MR) is 106 cm³/mol. The maximum absolute atomic E-state index is 12.5. The van der Waals surface area contributed by atoms with Gasteiger partial charge in [0.1, 0.15) is 22.4 Å². The van der Waals surface area contributed by atoms with Gasteiger partial charge in [0.2, 0.25) is 0 Å². The van der Waals surface area contributed by atoms with Crippen molar-refractivity contribution in [3.63, 3.8) is 0 Å². The van der Waals surface area contributed by atoms with Crippen molar-refractivity contribution in [1.29, 1.82) is 0 Å². The van der Waals surface area contributed by atoms with E-state index in [1.807, 2.05) is 0 Å². The molecule has 0 saturated heterocycles. The first-order chi connectivity index (χ1) is 12.7. The second kappa shape index (κ2) is 9.59. The molecule has 8 nitrogen and oxygen atoms in total. The van der Waals surface area contributed by atoms with Crippen LogP contribution in [0.4, 0.5) is 0 Å². The third-order valence-corrected chi connectivity index (χ3v) is 3.02. The maximum atomic E-state index is 12.5. The van der Waals surface area contributed by atoms with Crippen molar-refractivity contribution in [2.45, 2.75) is 111 Å². The Kier molecular flexibility index (Phi) is 8.89. The van der Waals surface area contributed by atoms with Crippen LogP contribution in [0, 0.1) is 0 Å². The minimum Gasteiger partial charge on any atom is -0.460 e. The lowest BCUT2D eigenvalue weighted by molar-refractivity contribution is -0.182. The molecule has 0 aliphatic rings. The van der Waals surface area contributed by atoms with Gasteiger partial charge in [-0.25, -0.2) is 0 Å². The average molecular weight is 417 g/mol. The van der Waals surface area contributed by atoms with E-state index in [0.29, 0.717) is 0 Å². The van der Waals surface area contributed by atoms with Crippen LogP contribution in [0.5, 0.6) is 0 Å². The Balaban J connectivity index is 5.87. The molecule has 0 atom stereocenters. The number of hydrogen-bond acceptors (Lipinski definition) is 8. The van der Waals surface area contributed by atoms with E-state index < -0.39 is 65.5 Å². The second-order valence-corrected chi connectivity index (χ2v) is 10.1. The van der Waals surface area contributed by atoms with E-state index >= 15 is 0 Å². The second-order valence-electron chi connectivity index (χ2n) is 10.1. The fraction of sp³-hybridized carbons (Fsp3) is 0.810. The van der Waals surface area contributed by atoms with Gasteiger partial charge in [0.15, 0.2) is 0 Å². The molecule has 0 aromatic carbocycles. The molecule has 0 saturated carbocycles. The van der Waals surface area contributed by atoms with Crippen LogP contribution in [0.1, 0.15) is 88.5 Å². The first-order valence-electron chi connectivity index (χ1n) is 9.57. The molecule has 0 heterocycles. The molecule has 0 fully saturated rings. The van der Waals surface area contributed by atoms with Crippen LogP contribution in [0.15, 0.2) is 0 Å². The van der Waals surface area contributed by atoms with Crippen LogP contribution >= 0.6 is 0 Å². The van der Waals surface area contributed by atoms with Crippen molar-refractivity contribution in [1.82, 2.24) is 0 Å². The van der Waals surface area contributed by atoms with Gasteiger partial charge >= 0.3 is 23.9 Å². The van der Waals surface area contributed by atoms with Gasteiger partial charge in [-0.3, -0.25) is 19.2 Å². The molecular weight excluding hydrogens is 380 g/mol. The van der Waals surface area contributed by atoms with Crippen LogP contribution in [-0.4, -0.2) is 46.3 Å². The zero-order valence-electron chi connectivity index (χ0n) is 19.4. The highest BCUT2D eigenvalue weighted by molar-refractivity contribution is 5.81. The van der Waals surface area contributed by atoms with Crippen molar-refractivity contribution in [2.24, 2.45) is 0 Å². The van der Waals surface area contributed by atoms with Gasteiger partial charge in [0, 0.05) is 6.92 Å². The maximum Gasteiger partial charge on any atom is 0.310 e. The number of carbonyl (C=O) groups excluding carboxylic acids is 4. The van der Waals surface area contributed by atoms with Crippen molar-refractivity contribution in [3.8, 4) is 0 Å². The highest BCUT2D eigenvalue weighted by atomic mass is 16.6. The molecule has 0 amide bonds. The number of esters is 4. The van der Waals surface area contributed by atoms with E-state index in [1.54, 1.807) is 62.3 Å². The van der Waals surface area contributed by atoms with Gasteiger partial charge < -0.3 is 18.9 Å². The molecule has 0 aromatic rings. The van der Waals surface area contributed by atoms with Gasteiger partial charge in [-0.05, 0) is 62.3 Å². The molecule has 8 heteroatoms. The van der Waals surface area contributed by atoms with Gasteiger partial charge in [0.25, 0.3) is 0 Å². The van der Waals surface area contributed by atoms with Crippen LogP contribution in [0.2, 0.25) is 0 Å². The molecule has 0 bridgehead atoms. The number of ether oxygens (including phenoxy) is 4. The van der Waals surface area contributed by atoms with Crippen molar-refractivity contribution in [3.05, 3.63) is 0 Å². The van der Waals surface area contributed by atoms with Crippen LogP contribution in [0.3, 0.4) is 0 Å². The van der Waals surface area contributed by atoms with E-state index in [0.717, 1.165) is 6.92 Å². The van der Waals surface area contributed by atoms with E-state index in [2.05, 4.69) is 0 Å². The molecular formula is C21H36O8. The molecule has 0 spiro atoms. The Morgan fingerprint density at radius 2 is 0.759 bits per heavy atom. The molecule has 29 heavy (non-hydrogen) atoms. The van der Waals surface area contributed by atoms with Crippen LogP contribution in [-0.2, 0) is 38.1 Å². The minimum atomic E-state index is -1.78. The lowest BCUT2D eigenvalue weighted by Gasteiger charge is -2.33. The number of hydrogen-bond donors (Lipinski definition) is 0. The molecule has 0 rings (SSSR count). The normalized spacial score (nSPS) is 12.8. The third-order valence-electron chi connectivity index (χ3n) is 3.02. The Morgan fingerprint density at radius 1 is 0.517 bits per heavy atom. The summed E-state index contributed by atoms with van der Waals surface area (Å²) in [6.07, 6.45) is -1.49. The topological polar surface area (TPSA) is 105 Å². The Labute approximate surface area is 173 Å². The summed E-state index contributed by atoms with van der Waals surface area (Å²) in [4.78, 5) is 49.2. The smallest absolute Gasteiger partial charge is 0.310 e. The Bertz CT molecular complexity index is 540. The summed E-state index contributed by atoms with van der Waals surface area (Å²) >= 11 is 0. The van der Waals surface area contributed by atoms with Gasteiger partial charge in [-0.1, -0.05) is 0 Å². The molecule has 0 aromatic heterocycles. The summed E-state index contributed by atoms with van der Waals surface area (Å²) in [7, 11) is 0. The Morgan fingerprint density at radius 3 is 0.931 bits per heavy atom. The largest absolute Gasteiger partial charge is 0.460 e. The van der Waals surface area contributed by atoms with Gasteiger partial charge in [-0.15, -0.1) is 0 Å². The summed E-state index contributed by atoms with van der Waals surface area (Å²) < 4.78 is 21.3. The zero-order chi connectivity index (χ0) is 23.3. The quantitative estimate of drug-likeness (QED) is 0.459. The fourth-order valence-electron chi connectivity index (χ4n) is 2.52. The summed E-state index contributed by atoms with van der Waals surface area (Å²) in [5.74, 6) is -2.90. The SMILES string of the molecule is CC(=O)OC(CC(=O)OC(C)(C)C)(CC(=O)OC(C)(C)C)CC(=O)OC(C)(C)C. The standard InChI is InChI=1S/C21H36O8/c1-14(22)26-21(11-15(23)27-18(2,3)4,12-16(24)28-19(5,6)7)13-17(25)29-20(8,9)10/h11-13H2,1-10H3. The summed E-state index contributed by atoms with van der Waals surface area (Å²) in [6, 6.07) is 0. The Hall–Kier alpha value is -2.12. The lowest BCUT2D eigenvalue weighted by atomic mass is 9.90. The molecule has 0 radical (unpaired) electrons. The molecule has 0 aliphatic carbocycles. The van der Waals surface area contributed by atoms with E-state index in [9.17, 15) is 19.2 Å². The van der Waals surface area contributed by atoms with Crippen LogP contribution in [0.25, 0.3) is 0 Å². The minimum absolute atomic E-state index is 0.498. The molecule has 0 unspecified atom stereocenters. The van der Waals surface area contributed by atoms with Crippen molar-refractivity contribution in [2.75, 3.05) is 0 Å². The molecule has 168 valence electrons. The van der Waals surface area contributed by atoms with Gasteiger partial charge in [-0.2, -0.15) is 0 Å². The van der Waals surface area contributed by atoms with Crippen molar-refractivity contribution >= 4 is 23.9 Å². The first kappa shape index (κ1) is 26.9.